The Kier molecular flexibility index (Phi) is 7.19. The number of aliphatic hydroxyl groups excluding tert-OH is 2. The molecule has 0 aliphatic heterocycles. The molecule has 0 saturated heterocycles. The second-order valence-corrected chi connectivity index (χ2v) is 9.43. The molecule has 29 heavy (non-hydrogen) atoms. The number of aliphatic hydroxyl groups is 2. The highest BCUT2D eigenvalue weighted by molar-refractivity contribution is 7.99. The molecule has 2 fully saturated rings. The summed E-state index contributed by atoms with van der Waals surface area (Å²) in [6.07, 6.45) is 7.80. The van der Waals surface area contributed by atoms with Crippen molar-refractivity contribution in [3.05, 3.63) is 47.5 Å². The van der Waals surface area contributed by atoms with E-state index in [4.69, 9.17) is 5.11 Å². The summed E-state index contributed by atoms with van der Waals surface area (Å²) >= 11 is 1.49. The first-order valence-corrected chi connectivity index (χ1v) is 11.4. The van der Waals surface area contributed by atoms with Crippen LogP contribution in [0.2, 0.25) is 0 Å². The number of carbonyl (C=O) groups is 2. The fraction of sp³-hybridized carbons (Fsp3) is 0.565. The van der Waals surface area contributed by atoms with Gasteiger partial charge < -0.3 is 15.3 Å². The number of ketones is 1. The van der Waals surface area contributed by atoms with Gasteiger partial charge in [-0.15, -0.1) is 11.8 Å². The minimum atomic E-state index is -0.961. The zero-order valence-corrected chi connectivity index (χ0v) is 17.6. The quantitative estimate of drug-likeness (QED) is 0.528. The fourth-order valence-electron chi connectivity index (χ4n) is 4.41. The number of carboxylic acid groups (broad SMARTS) is 1. The summed E-state index contributed by atoms with van der Waals surface area (Å²) in [5.41, 5.74) is 1.23. The SMILES string of the molecule is CCC1(C(O)C/C=C/[C@H]2C(O)CC(=O)C2SCc2ccc(C(=O)O)cc2)CCC1. The molecule has 158 valence electrons. The summed E-state index contributed by atoms with van der Waals surface area (Å²) in [5.74, 6) is -0.590. The molecule has 3 N–H and O–H groups in total. The average Bonchev–Trinajstić information content (AvgIpc) is 2.93. The van der Waals surface area contributed by atoms with Crippen LogP contribution in [-0.4, -0.2) is 44.5 Å². The molecule has 0 spiro atoms. The molecule has 0 heterocycles. The van der Waals surface area contributed by atoms with Crippen LogP contribution in [0.3, 0.4) is 0 Å². The van der Waals surface area contributed by atoms with E-state index in [1.54, 1.807) is 24.3 Å². The van der Waals surface area contributed by atoms with Crippen molar-refractivity contribution < 1.29 is 24.9 Å². The maximum Gasteiger partial charge on any atom is 0.335 e. The maximum absolute atomic E-state index is 12.4. The molecule has 1 aromatic carbocycles. The van der Waals surface area contributed by atoms with Gasteiger partial charge in [-0.3, -0.25) is 4.79 Å². The molecule has 5 nitrogen and oxygen atoms in total. The van der Waals surface area contributed by atoms with Crippen molar-refractivity contribution in [2.75, 3.05) is 0 Å². The van der Waals surface area contributed by atoms with Crippen LogP contribution in [0.25, 0.3) is 0 Å². The van der Waals surface area contributed by atoms with Gasteiger partial charge in [-0.25, -0.2) is 4.79 Å². The third kappa shape index (κ3) is 4.93. The topological polar surface area (TPSA) is 94.8 Å². The Morgan fingerprint density at radius 3 is 2.55 bits per heavy atom. The normalized spacial score (nSPS) is 27.1. The van der Waals surface area contributed by atoms with Crippen LogP contribution in [0.4, 0.5) is 0 Å². The number of Topliss-reactive ketones (excluding diaryl/α,β-unsaturated/α-hetero) is 1. The first kappa shape index (κ1) is 22.1. The molecule has 4 atom stereocenters. The second kappa shape index (κ2) is 9.45. The monoisotopic (exact) mass is 418 g/mol. The van der Waals surface area contributed by atoms with Crippen LogP contribution < -0.4 is 0 Å². The molecule has 6 heteroatoms. The van der Waals surface area contributed by atoms with E-state index in [0.717, 1.165) is 24.8 Å². The molecule has 2 aliphatic rings. The summed E-state index contributed by atoms with van der Waals surface area (Å²) in [4.78, 5) is 23.3. The molecule has 3 unspecified atom stereocenters. The molecule has 0 bridgehead atoms. The minimum absolute atomic E-state index is 0.0453. The molecular weight excluding hydrogens is 388 g/mol. The van der Waals surface area contributed by atoms with Crippen molar-refractivity contribution in [2.45, 2.75) is 68.7 Å². The minimum Gasteiger partial charge on any atom is -0.478 e. The highest BCUT2D eigenvalue weighted by Crippen LogP contribution is 2.47. The number of aromatic carboxylic acids is 1. The number of thioether (sulfide) groups is 1. The average molecular weight is 419 g/mol. The van der Waals surface area contributed by atoms with Gasteiger partial charge in [-0.05, 0) is 48.8 Å². The molecular formula is C23H30O5S. The Hall–Kier alpha value is -1.63. The van der Waals surface area contributed by atoms with E-state index in [0.29, 0.717) is 12.2 Å². The van der Waals surface area contributed by atoms with Gasteiger partial charge in [0.15, 0.2) is 0 Å². The molecule has 0 radical (unpaired) electrons. The number of benzene rings is 1. The zero-order valence-electron chi connectivity index (χ0n) is 16.8. The smallest absolute Gasteiger partial charge is 0.335 e. The number of hydrogen-bond acceptors (Lipinski definition) is 5. The van der Waals surface area contributed by atoms with Gasteiger partial charge >= 0.3 is 5.97 Å². The van der Waals surface area contributed by atoms with Crippen LogP contribution >= 0.6 is 11.8 Å². The number of rotatable bonds is 9. The third-order valence-corrected chi connectivity index (χ3v) is 8.07. The van der Waals surface area contributed by atoms with Gasteiger partial charge in [0.05, 0.1) is 23.0 Å². The number of carbonyl (C=O) groups excluding carboxylic acids is 1. The van der Waals surface area contributed by atoms with Crippen molar-refractivity contribution in [1.29, 1.82) is 0 Å². The van der Waals surface area contributed by atoms with E-state index in [9.17, 15) is 19.8 Å². The van der Waals surface area contributed by atoms with E-state index in [1.165, 1.54) is 18.2 Å². The number of hydrogen-bond donors (Lipinski definition) is 3. The lowest BCUT2D eigenvalue weighted by molar-refractivity contribution is -0.117. The van der Waals surface area contributed by atoms with E-state index in [1.807, 2.05) is 12.2 Å². The second-order valence-electron chi connectivity index (χ2n) is 8.30. The van der Waals surface area contributed by atoms with Crippen molar-refractivity contribution in [3.63, 3.8) is 0 Å². The van der Waals surface area contributed by atoms with Gasteiger partial charge in [0.1, 0.15) is 5.78 Å². The van der Waals surface area contributed by atoms with E-state index < -0.39 is 12.1 Å². The summed E-state index contributed by atoms with van der Waals surface area (Å²) < 4.78 is 0. The van der Waals surface area contributed by atoms with E-state index in [-0.39, 0.29) is 40.5 Å². The molecule has 0 amide bonds. The Morgan fingerprint density at radius 1 is 1.31 bits per heavy atom. The lowest BCUT2D eigenvalue weighted by atomic mass is 9.63. The lowest BCUT2D eigenvalue weighted by Crippen LogP contribution is -2.40. The van der Waals surface area contributed by atoms with E-state index in [2.05, 4.69) is 6.92 Å². The molecule has 2 aliphatic carbocycles. The third-order valence-electron chi connectivity index (χ3n) is 6.63. The Labute approximate surface area is 176 Å². The Balaban J connectivity index is 1.58. The largest absolute Gasteiger partial charge is 0.478 e. The van der Waals surface area contributed by atoms with Gasteiger partial charge in [-0.2, -0.15) is 0 Å². The predicted octanol–water partition coefficient (Wildman–Crippen LogP) is 3.82. The van der Waals surface area contributed by atoms with Crippen LogP contribution in [-0.2, 0) is 10.5 Å². The van der Waals surface area contributed by atoms with Gasteiger partial charge in [0, 0.05) is 18.1 Å². The highest BCUT2D eigenvalue weighted by atomic mass is 32.2. The molecule has 2 saturated carbocycles. The number of carboxylic acids is 1. The van der Waals surface area contributed by atoms with Gasteiger partial charge in [-0.1, -0.05) is 37.6 Å². The van der Waals surface area contributed by atoms with Crippen molar-refractivity contribution in [2.24, 2.45) is 11.3 Å². The van der Waals surface area contributed by atoms with Gasteiger partial charge in [0.25, 0.3) is 0 Å². The zero-order chi connectivity index (χ0) is 21.0. The molecule has 3 rings (SSSR count). The lowest BCUT2D eigenvalue weighted by Gasteiger charge is -2.45. The van der Waals surface area contributed by atoms with Gasteiger partial charge in [0.2, 0.25) is 0 Å². The summed E-state index contributed by atoms with van der Waals surface area (Å²) in [7, 11) is 0. The first-order valence-electron chi connectivity index (χ1n) is 10.4. The standard InChI is InChI=1S/C23H30O5S/c1-2-23(11-4-12-23)20(26)6-3-5-17-18(24)13-19(25)21(17)29-14-15-7-9-16(10-8-15)22(27)28/h3,5,7-10,17-18,20-21,24,26H,2,4,6,11-14H2,1H3,(H,27,28)/b5-3+/t17-,18?,20?,21?/m0/s1. The maximum atomic E-state index is 12.4. The van der Waals surface area contributed by atoms with Crippen molar-refractivity contribution in [1.82, 2.24) is 0 Å². The first-order chi connectivity index (χ1) is 13.9. The van der Waals surface area contributed by atoms with Crippen LogP contribution in [0, 0.1) is 11.3 Å². The highest BCUT2D eigenvalue weighted by Gasteiger charge is 2.42. The summed E-state index contributed by atoms with van der Waals surface area (Å²) in [6, 6.07) is 6.64. The Morgan fingerprint density at radius 2 is 2.00 bits per heavy atom. The molecule has 0 aromatic heterocycles. The summed E-state index contributed by atoms with van der Waals surface area (Å²) in [5, 5.41) is 29.6. The van der Waals surface area contributed by atoms with E-state index >= 15 is 0 Å². The van der Waals surface area contributed by atoms with Crippen LogP contribution in [0.15, 0.2) is 36.4 Å². The summed E-state index contributed by atoms with van der Waals surface area (Å²) in [6.45, 7) is 2.13. The fourth-order valence-corrected chi connectivity index (χ4v) is 5.75. The predicted molar refractivity (Wildman–Crippen MR) is 114 cm³/mol. The van der Waals surface area contributed by atoms with Crippen LogP contribution in [0.1, 0.15) is 61.4 Å². The van der Waals surface area contributed by atoms with Crippen molar-refractivity contribution >= 4 is 23.5 Å². The van der Waals surface area contributed by atoms with Crippen LogP contribution in [0.5, 0.6) is 0 Å². The molecule has 1 aromatic rings. The Bertz CT molecular complexity index is 748. The van der Waals surface area contributed by atoms with Crippen molar-refractivity contribution in [3.8, 4) is 0 Å².